The minimum absolute atomic E-state index is 0.0423. The largest absolute Gasteiger partial charge is 0.497 e. The molecule has 3 heterocycles. The molecule has 2 aliphatic heterocycles. The van der Waals surface area contributed by atoms with Crippen LogP contribution in [0.25, 0.3) is 0 Å². The maximum Gasteiger partial charge on any atom is 0.273 e. The van der Waals surface area contributed by atoms with E-state index in [1.165, 1.54) is 11.3 Å². The Morgan fingerprint density at radius 2 is 1.73 bits per heavy atom. The summed E-state index contributed by atoms with van der Waals surface area (Å²) in [6, 6.07) is 7.48. The highest BCUT2D eigenvalue weighted by Crippen LogP contribution is 2.25. The van der Waals surface area contributed by atoms with Crippen LogP contribution in [0, 0.1) is 5.92 Å². The normalized spacial score (nSPS) is 18.7. The lowest BCUT2D eigenvalue weighted by Crippen LogP contribution is -2.53. The number of anilines is 2. The molecule has 1 aromatic heterocycles. The third-order valence-corrected chi connectivity index (χ3v) is 6.92. The summed E-state index contributed by atoms with van der Waals surface area (Å²) in [7, 11) is 1.62. The van der Waals surface area contributed by atoms with Crippen LogP contribution in [0.3, 0.4) is 0 Å². The van der Waals surface area contributed by atoms with Gasteiger partial charge in [0, 0.05) is 57.3 Å². The molecule has 1 aromatic carbocycles. The SMILES string of the molecule is COc1ccc(Nc2nc(C(=O)N3CCCC(C(=O)N4CCN(C(C)=O)CC4)C3)cs2)cc1. The van der Waals surface area contributed by atoms with Crippen molar-refractivity contribution in [2.24, 2.45) is 5.92 Å². The molecule has 3 amide bonds. The number of piperazine rings is 1. The maximum absolute atomic E-state index is 13.1. The monoisotopic (exact) mass is 471 g/mol. The van der Waals surface area contributed by atoms with Gasteiger partial charge in [0.05, 0.1) is 13.0 Å². The summed E-state index contributed by atoms with van der Waals surface area (Å²) < 4.78 is 5.17. The number of likely N-dealkylation sites (tertiary alicyclic amines) is 1. The van der Waals surface area contributed by atoms with Crippen molar-refractivity contribution in [3.63, 3.8) is 0 Å². The summed E-state index contributed by atoms with van der Waals surface area (Å²) in [6.45, 7) is 4.82. The van der Waals surface area contributed by atoms with Gasteiger partial charge in [-0.05, 0) is 37.1 Å². The zero-order chi connectivity index (χ0) is 23.4. The van der Waals surface area contributed by atoms with Gasteiger partial charge in [-0.15, -0.1) is 11.3 Å². The molecular weight excluding hydrogens is 442 g/mol. The quantitative estimate of drug-likeness (QED) is 0.720. The van der Waals surface area contributed by atoms with Crippen molar-refractivity contribution >= 4 is 39.9 Å². The highest BCUT2D eigenvalue weighted by molar-refractivity contribution is 7.14. The number of thiazole rings is 1. The van der Waals surface area contributed by atoms with E-state index in [9.17, 15) is 14.4 Å². The molecule has 1 N–H and O–H groups in total. The number of hydrogen-bond acceptors (Lipinski definition) is 7. The summed E-state index contributed by atoms with van der Waals surface area (Å²) in [6.07, 6.45) is 1.56. The molecule has 1 atom stereocenters. The van der Waals surface area contributed by atoms with Crippen LogP contribution < -0.4 is 10.1 Å². The van der Waals surface area contributed by atoms with Gasteiger partial charge in [0.25, 0.3) is 5.91 Å². The van der Waals surface area contributed by atoms with Gasteiger partial charge in [-0.3, -0.25) is 14.4 Å². The van der Waals surface area contributed by atoms with Gasteiger partial charge >= 0.3 is 0 Å². The molecule has 2 aliphatic rings. The molecule has 0 bridgehead atoms. The lowest BCUT2D eigenvalue weighted by atomic mass is 9.96. The van der Waals surface area contributed by atoms with E-state index < -0.39 is 0 Å². The fraction of sp³-hybridized carbons (Fsp3) is 0.478. The zero-order valence-electron chi connectivity index (χ0n) is 19.0. The number of nitrogens with one attached hydrogen (secondary N) is 1. The van der Waals surface area contributed by atoms with Gasteiger partial charge in [-0.2, -0.15) is 0 Å². The number of rotatable bonds is 5. The first kappa shape index (κ1) is 23.0. The van der Waals surface area contributed by atoms with Crippen molar-refractivity contribution in [3.05, 3.63) is 35.3 Å². The van der Waals surface area contributed by atoms with Gasteiger partial charge < -0.3 is 24.8 Å². The van der Waals surface area contributed by atoms with Crippen LogP contribution in [0.2, 0.25) is 0 Å². The van der Waals surface area contributed by atoms with E-state index in [0.717, 1.165) is 24.3 Å². The number of carbonyl (C=O) groups is 3. The number of methoxy groups -OCH3 is 1. The number of nitrogens with zero attached hydrogens (tertiary/aromatic N) is 4. The van der Waals surface area contributed by atoms with E-state index in [1.54, 1.807) is 29.2 Å². The average Bonchev–Trinajstić information content (AvgIpc) is 3.32. The number of amides is 3. The van der Waals surface area contributed by atoms with E-state index in [4.69, 9.17) is 4.74 Å². The van der Waals surface area contributed by atoms with Crippen LogP contribution in [0.4, 0.5) is 10.8 Å². The molecular formula is C23H29N5O4S. The topological polar surface area (TPSA) is 95.1 Å². The Labute approximate surface area is 197 Å². The first-order valence-corrected chi connectivity index (χ1v) is 12.0. The Bertz CT molecular complexity index is 1000. The molecule has 33 heavy (non-hydrogen) atoms. The predicted octanol–water partition coefficient (Wildman–Crippen LogP) is 2.44. The Kier molecular flexibility index (Phi) is 7.12. The minimum atomic E-state index is -0.206. The summed E-state index contributed by atoms with van der Waals surface area (Å²) in [5.74, 6) is 0.539. The second kappa shape index (κ2) is 10.2. The van der Waals surface area contributed by atoms with Crippen molar-refractivity contribution in [2.45, 2.75) is 19.8 Å². The van der Waals surface area contributed by atoms with Gasteiger partial charge in [-0.1, -0.05) is 0 Å². The van der Waals surface area contributed by atoms with Crippen molar-refractivity contribution < 1.29 is 19.1 Å². The highest BCUT2D eigenvalue weighted by atomic mass is 32.1. The number of benzene rings is 1. The van der Waals surface area contributed by atoms with E-state index in [-0.39, 0.29) is 23.6 Å². The van der Waals surface area contributed by atoms with Crippen LogP contribution in [-0.4, -0.2) is 83.8 Å². The predicted molar refractivity (Wildman–Crippen MR) is 126 cm³/mol. The van der Waals surface area contributed by atoms with Gasteiger partial charge in [-0.25, -0.2) is 4.98 Å². The van der Waals surface area contributed by atoms with Crippen LogP contribution >= 0.6 is 11.3 Å². The fourth-order valence-corrected chi connectivity index (χ4v) is 4.96. The van der Waals surface area contributed by atoms with Crippen LogP contribution in [0.15, 0.2) is 29.6 Å². The summed E-state index contributed by atoms with van der Waals surface area (Å²) in [5.41, 5.74) is 1.25. The lowest BCUT2D eigenvalue weighted by molar-refractivity contribution is -0.142. The smallest absolute Gasteiger partial charge is 0.273 e. The molecule has 10 heteroatoms. The second-order valence-corrected chi connectivity index (χ2v) is 9.17. The van der Waals surface area contributed by atoms with E-state index in [0.29, 0.717) is 50.1 Å². The number of hydrogen-bond donors (Lipinski definition) is 1. The molecule has 0 radical (unpaired) electrons. The molecule has 1 unspecified atom stereocenters. The summed E-state index contributed by atoms with van der Waals surface area (Å²) in [5, 5.41) is 5.59. The molecule has 2 saturated heterocycles. The zero-order valence-corrected chi connectivity index (χ0v) is 19.8. The van der Waals surface area contributed by atoms with E-state index in [1.807, 2.05) is 29.2 Å². The van der Waals surface area contributed by atoms with Crippen molar-refractivity contribution in [3.8, 4) is 5.75 Å². The minimum Gasteiger partial charge on any atom is -0.497 e. The molecule has 0 saturated carbocycles. The Morgan fingerprint density at radius 1 is 1.03 bits per heavy atom. The molecule has 2 fully saturated rings. The van der Waals surface area contributed by atoms with Gasteiger partial charge in [0.2, 0.25) is 11.8 Å². The first-order chi connectivity index (χ1) is 15.9. The van der Waals surface area contributed by atoms with Crippen LogP contribution in [-0.2, 0) is 9.59 Å². The van der Waals surface area contributed by atoms with Crippen LogP contribution in [0.1, 0.15) is 30.3 Å². The van der Waals surface area contributed by atoms with Gasteiger partial charge in [0.1, 0.15) is 11.4 Å². The highest BCUT2D eigenvalue weighted by Gasteiger charge is 2.33. The van der Waals surface area contributed by atoms with E-state index in [2.05, 4.69) is 10.3 Å². The Balaban J connectivity index is 1.34. The lowest BCUT2D eigenvalue weighted by Gasteiger charge is -2.38. The maximum atomic E-state index is 13.1. The van der Waals surface area contributed by atoms with Crippen molar-refractivity contribution in [2.75, 3.05) is 51.7 Å². The average molecular weight is 472 g/mol. The van der Waals surface area contributed by atoms with Gasteiger partial charge in [0.15, 0.2) is 5.13 Å². The van der Waals surface area contributed by atoms with Crippen molar-refractivity contribution in [1.82, 2.24) is 19.7 Å². The first-order valence-electron chi connectivity index (χ1n) is 11.1. The Morgan fingerprint density at radius 3 is 2.39 bits per heavy atom. The van der Waals surface area contributed by atoms with Crippen LogP contribution in [0.5, 0.6) is 5.75 Å². The molecule has 0 spiro atoms. The summed E-state index contributed by atoms with van der Waals surface area (Å²) in [4.78, 5) is 47.4. The Hall–Kier alpha value is -3.14. The molecule has 4 rings (SSSR count). The number of carbonyl (C=O) groups excluding carboxylic acids is 3. The molecule has 2 aromatic rings. The second-order valence-electron chi connectivity index (χ2n) is 8.31. The third kappa shape index (κ3) is 5.44. The number of ether oxygens (including phenoxy) is 1. The fourth-order valence-electron chi connectivity index (χ4n) is 4.25. The molecule has 9 nitrogen and oxygen atoms in total. The molecule has 0 aliphatic carbocycles. The number of aromatic nitrogens is 1. The van der Waals surface area contributed by atoms with Crippen molar-refractivity contribution in [1.29, 1.82) is 0 Å². The molecule has 176 valence electrons. The summed E-state index contributed by atoms with van der Waals surface area (Å²) >= 11 is 1.37. The van der Waals surface area contributed by atoms with E-state index >= 15 is 0 Å². The third-order valence-electron chi connectivity index (χ3n) is 6.16. The standard InChI is InChI=1S/C23H29N5O4S/c1-16(29)26-10-12-27(13-11-26)21(30)17-4-3-9-28(14-17)22(31)20-15-33-23(25-20)24-18-5-7-19(32-2)8-6-18/h5-8,15,17H,3-4,9-14H2,1-2H3,(H,24,25). The number of piperidine rings is 1.